The van der Waals surface area contributed by atoms with Crippen LogP contribution in [0.5, 0.6) is 11.5 Å². The second-order valence-corrected chi connectivity index (χ2v) is 4.81. The van der Waals surface area contributed by atoms with Crippen LogP contribution in [0, 0.1) is 0 Å². The van der Waals surface area contributed by atoms with E-state index in [0.29, 0.717) is 34.4 Å². The maximum absolute atomic E-state index is 5.96. The van der Waals surface area contributed by atoms with E-state index in [1.54, 1.807) is 19.2 Å². The maximum Gasteiger partial charge on any atom is 0.163 e. The van der Waals surface area contributed by atoms with E-state index in [4.69, 9.17) is 21.1 Å². The minimum Gasteiger partial charge on any atom is -0.493 e. The first-order chi connectivity index (χ1) is 10.2. The third-order valence-corrected chi connectivity index (χ3v) is 3.19. The van der Waals surface area contributed by atoms with E-state index >= 15 is 0 Å². The van der Waals surface area contributed by atoms with E-state index in [-0.39, 0.29) is 0 Å². The van der Waals surface area contributed by atoms with Gasteiger partial charge in [-0.2, -0.15) is 0 Å². The lowest BCUT2D eigenvalue weighted by Gasteiger charge is -2.14. The van der Waals surface area contributed by atoms with Gasteiger partial charge >= 0.3 is 0 Å². The molecule has 0 aliphatic rings. The van der Waals surface area contributed by atoms with Crippen molar-refractivity contribution in [1.29, 1.82) is 0 Å². The molecule has 0 heterocycles. The van der Waals surface area contributed by atoms with Crippen molar-refractivity contribution < 1.29 is 9.47 Å². The fraction of sp³-hybridized carbons (Fsp3) is 0.118. The van der Waals surface area contributed by atoms with Gasteiger partial charge in [0.05, 0.1) is 12.8 Å². The van der Waals surface area contributed by atoms with Gasteiger partial charge in [-0.25, -0.2) is 0 Å². The van der Waals surface area contributed by atoms with Crippen LogP contribution in [0.25, 0.3) is 5.03 Å². The average Bonchev–Trinajstić information content (AvgIpc) is 2.52. The fourth-order valence-corrected chi connectivity index (χ4v) is 2.06. The van der Waals surface area contributed by atoms with Crippen molar-refractivity contribution in [3.05, 3.63) is 60.2 Å². The van der Waals surface area contributed by atoms with Crippen LogP contribution in [0.2, 0.25) is 0 Å². The van der Waals surface area contributed by atoms with Crippen LogP contribution < -0.4 is 9.47 Å². The van der Waals surface area contributed by atoms with Crippen LogP contribution in [0.15, 0.2) is 54.0 Å². The predicted octanol–water partition coefficient (Wildman–Crippen LogP) is 4.82. The number of hydrogen-bond donors (Lipinski definition) is 0. The molecule has 0 aliphatic carbocycles. The number of nitrogens with zero attached hydrogens (tertiary/aromatic N) is 1. The minimum atomic E-state index is 0.380. The van der Waals surface area contributed by atoms with Gasteiger partial charge in [0, 0.05) is 16.7 Å². The molecule has 2 rings (SSSR count). The molecule has 0 unspecified atom stereocenters. The molecule has 0 atom stereocenters. The molecule has 0 radical (unpaired) electrons. The number of aliphatic imine (C=N–C) groups is 1. The zero-order chi connectivity index (χ0) is 15.2. The lowest BCUT2D eigenvalue weighted by Crippen LogP contribution is -1.98. The lowest BCUT2D eigenvalue weighted by atomic mass is 10.1. The van der Waals surface area contributed by atoms with E-state index in [9.17, 15) is 0 Å². The average molecular weight is 302 g/mol. The Morgan fingerprint density at radius 3 is 2.48 bits per heavy atom. The van der Waals surface area contributed by atoms with E-state index in [0.717, 1.165) is 5.56 Å². The molecule has 2 aromatic carbocycles. The zero-order valence-electron chi connectivity index (χ0n) is 11.8. The summed E-state index contributed by atoms with van der Waals surface area (Å²) < 4.78 is 11.1. The van der Waals surface area contributed by atoms with Crippen molar-refractivity contribution in [3.63, 3.8) is 0 Å². The third-order valence-electron chi connectivity index (χ3n) is 2.98. The highest BCUT2D eigenvalue weighted by Crippen LogP contribution is 2.38. The molecule has 0 N–H and O–H groups in total. The van der Waals surface area contributed by atoms with Gasteiger partial charge < -0.3 is 9.47 Å². The first-order valence-corrected chi connectivity index (χ1v) is 6.73. The van der Waals surface area contributed by atoms with Crippen LogP contribution in [0.3, 0.4) is 0 Å². The summed E-state index contributed by atoms with van der Waals surface area (Å²) in [5, 5.41) is 0.380. The van der Waals surface area contributed by atoms with Gasteiger partial charge in [0.2, 0.25) is 0 Å². The number of benzene rings is 2. The Bertz CT molecular complexity index is 653. The Labute approximate surface area is 129 Å². The molecule has 0 aromatic heterocycles. The van der Waals surface area contributed by atoms with Crippen molar-refractivity contribution in [2.24, 2.45) is 4.99 Å². The monoisotopic (exact) mass is 301 g/mol. The number of rotatable bonds is 6. The second-order valence-electron chi connectivity index (χ2n) is 4.36. The summed E-state index contributed by atoms with van der Waals surface area (Å²) in [6, 6.07) is 13.4. The molecule has 0 saturated carbocycles. The molecule has 2 aromatic rings. The van der Waals surface area contributed by atoms with Crippen LogP contribution in [-0.2, 0) is 6.61 Å². The largest absolute Gasteiger partial charge is 0.493 e. The number of hydrogen-bond acceptors (Lipinski definition) is 3. The van der Waals surface area contributed by atoms with E-state index in [1.807, 2.05) is 30.3 Å². The summed E-state index contributed by atoms with van der Waals surface area (Å²) in [6.07, 6.45) is 0. The van der Waals surface area contributed by atoms with Gasteiger partial charge in [0.1, 0.15) is 6.61 Å². The molecule has 0 spiro atoms. The van der Waals surface area contributed by atoms with E-state index in [2.05, 4.69) is 18.3 Å². The van der Waals surface area contributed by atoms with Crippen molar-refractivity contribution in [1.82, 2.24) is 0 Å². The molecule has 0 saturated heterocycles. The summed E-state index contributed by atoms with van der Waals surface area (Å²) in [6.45, 7) is 7.70. The molecule has 108 valence electrons. The van der Waals surface area contributed by atoms with Crippen LogP contribution in [-0.4, -0.2) is 13.8 Å². The molecule has 0 bridgehead atoms. The van der Waals surface area contributed by atoms with Crippen LogP contribution in [0.1, 0.15) is 11.1 Å². The van der Waals surface area contributed by atoms with Gasteiger partial charge in [-0.15, -0.1) is 0 Å². The van der Waals surface area contributed by atoms with Crippen LogP contribution >= 0.6 is 11.6 Å². The molecule has 21 heavy (non-hydrogen) atoms. The molecule has 0 aliphatic heterocycles. The van der Waals surface area contributed by atoms with Gasteiger partial charge in [-0.1, -0.05) is 48.5 Å². The third kappa shape index (κ3) is 3.64. The quantitative estimate of drug-likeness (QED) is 0.716. The molecule has 4 heteroatoms. The van der Waals surface area contributed by atoms with Crippen molar-refractivity contribution in [2.45, 2.75) is 6.61 Å². The first-order valence-electron chi connectivity index (χ1n) is 6.36. The SMILES string of the molecule is C=Nc1cc(OCc2ccccc2)c(OC)cc1C(=C)Cl. The molecule has 0 amide bonds. The highest BCUT2D eigenvalue weighted by Gasteiger charge is 2.12. The predicted molar refractivity (Wildman–Crippen MR) is 87.9 cm³/mol. The Morgan fingerprint density at radius 2 is 1.90 bits per heavy atom. The summed E-state index contributed by atoms with van der Waals surface area (Å²) in [7, 11) is 1.58. The summed E-state index contributed by atoms with van der Waals surface area (Å²) in [5.74, 6) is 1.17. The smallest absolute Gasteiger partial charge is 0.163 e. The Balaban J connectivity index is 2.30. The van der Waals surface area contributed by atoms with E-state index < -0.39 is 0 Å². The zero-order valence-corrected chi connectivity index (χ0v) is 12.6. The summed E-state index contributed by atoms with van der Waals surface area (Å²) >= 11 is 5.96. The van der Waals surface area contributed by atoms with Gasteiger partial charge in [0.15, 0.2) is 11.5 Å². The topological polar surface area (TPSA) is 30.8 Å². The normalized spacial score (nSPS) is 10.0. The molecule has 0 fully saturated rings. The molecule has 3 nitrogen and oxygen atoms in total. The Morgan fingerprint density at radius 1 is 1.19 bits per heavy atom. The van der Waals surface area contributed by atoms with Gasteiger partial charge in [-0.3, -0.25) is 4.99 Å². The van der Waals surface area contributed by atoms with Crippen molar-refractivity contribution in [3.8, 4) is 11.5 Å². The molecular weight excluding hydrogens is 286 g/mol. The first kappa shape index (κ1) is 15.1. The van der Waals surface area contributed by atoms with Crippen molar-refractivity contribution in [2.75, 3.05) is 7.11 Å². The Kier molecular flexibility index (Phi) is 5.01. The highest BCUT2D eigenvalue weighted by atomic mass is 35.5. The van der Waals surface area contributed by atoms with Crippen molar-refractivity contribution >= 4 is 29.0 Å². The van der Waals surface area contributed by atoms with E-state index in [1.165, 1.54) is 0 Å². The number of halogens is 1. The molecular formula is C17H16ClNO2. The minimum absolute atomic E-state index is 0.380. The maximum atomic E-state index is 5.96. The Hall–Kier alpha value is -2.26. The summed E-state index contributed by atoms with van der Waals surface area (Å²) in [5.41, 5.74) is 2.35. The fourth-order valence-electron chi connectivity index (χ4n) is 1.90. The lowest BCUT2D eigenvalue weighted by molar-refractivity contribution is 0.284. The van der Waals surface area contributed by atoms with Gasteiger partial charge in [0.25, 0.3) is 0 Å². The second kappa shape index (κ2) is 6.95. The number of methoxy groups -OCH3 is 1. The highest BCUT2D eigenvalue weighted by molar-refractivity contribution is 6.48. The van der Waals surface area contributed by atoms with Gasteiger partial charge in [-0.05, 0) is 18.3 Å². The standard InChI is InChI=1S/C17H16ClNO2/c1-12(18)14-9-16(20-3)17(10-15(14)19-2)21-11-13-7-5-4-6-8-13/h4-10H,1-2,11H2,3H3. The summed E-state index contributed by atoms with van der Waals surface area (Å²) in [4.78, 5) is 3.95. The number of ether oxygens (including phenoxy) is 2. The van der Waals surface area contributed by atoms with Crippen LogP contribution in [0.4, 0.5) is 5.69 Å².